The highest BCUT2D eigenvalue weighted by Gasteiger charge is 2.14. The summed E-state index contributed by atoms with van der Waals surface area (Å²) >= 11 is 1.32. The van der Waals surface area contributed by atoms with Crippen molar-refractivity contribution < 1.29 is 9.53 Å². The first-order valence-electron chi connectivity index (χ1n) is 9.25. The standard InChI is InChI=1S/C21H22N4O2S.ClH/c1-13-3-6-18(9-14(13)2)27-12-19-24-25-21(28-19)23-20(26)16-4-5-17-11-22-8-7-15(17)10-16;/h3-6,9-10,22H,7-8,11-12H2,1-2H3,(H,23,25,26);1H. The van der Waals surface area contributed by atoms with Gasteiger partial charge in [-0.2, -0.15) is 0 Å². The fourth-order valence-electron chi connectivity index (χ4n) is 3.10. The van der Waals surface area contributed by atoms with E-state index in [1.165, 1.54) is 33.6 Å². The molecule has 3 aromatic rings. The van der Waals surface area contributed by atoms with Crippen LogP contribution in [0.25, 0.3) is 0 Å². The monoisotopic (exact) mass is 430 g/mol. The van der Waals surface area contributed by atoms with Crippen molar-refractivity contribution in [2.24, 2.45) is 0 Å². The third kappa shape index (κ3) is 5.12. The summed E-state index contributed by atoms with van der Waals surface area (Å²) in [7, 11) is 0. The van der Waals surface area contributed by atoms with Crippen LogP contribution in [0.15, 0.2) is 36.4 Å². The van der Waals surface area contributed by atoms with Crippen molar-refractivity contribution in [2.75, 3.05) is 11.9 Å². The molecule has 1 aliphatic rings. The molecule has 8 heteroatoms. The first-order valence-corrected chi connectivity index (χ1v) is 10.1. The molecule has 0 fully saturated rings. The van der Waals surface area contributed by atoms with Gasteiger partial charge < -0.3 is 10.1 Å². The summed E-state index contributed by atoms with van der Waals surface area (Å²) < 4.78 is 5.78. The maximum absolute atomic E-state index is 12.5. The zero-order chi connectivity index (χ0) is 19.5. The van der Waals surface area contributed by atoms with E-state index >= 15 is 0 Å². The molecule has 29 heavy (non-hydrogen) atoms. The molecule has 2 aromatic carbocycles. The van der Waals surface area contributed by atoms with Gasteiger partial charge in [0.25, 0.3) is 5.91 Å². The Morgan fingerprint density at radius 1 is 1.14 bits per heavy atom. The van der Waals surface area contributed by atoms with Crippen molar-refractivity contribution in [3.8, 4) is 5.75 Å². The van der Waals surface area contributed by atoms with E-state index in [1.54, 1.807) is 0 Å². The van der Waals surface area contributed by atoms with Crippen LogP contribution in [-0.4, -0.2) is 22.6 Å². The minimum Gasteiger partial charge on any atom is -0.486 e. The number of hydrogen-bond donors (Lipinski definition) is 2. The van der Waals surface area contributed by atoms with Crippen LogP contribution in [0, 0.1) is 13.8 Å². The summed E-state index contributed by atoms with van der Waals surface area (Å²) in [6, 6.07) is 11.8. The van der Waals surface area contributed by atoms with Crippen LogP contribution in [0.2, 0.25) is 0 Å². The number of ether oxygens (including phenoxy) is 1. The molecule has 0 unspecified atom stereocenters. The smallest absolute Gasteiger partial charge is 0.257 e. The molecule has 0 radical (unpaired) electrons. The number of benzene rings is 2. The summed E-state index contributed by atoms with van der Waals surface area (Å²) in [6.07, 6.45) is 0.940. The normalized spacial score (nSPS) is 12.6. The Morgan fingerprint density at radius 2 is 2.00 bits per heavy atom. The maximum atomic E-state index is 12.5. The summed E-state index contributed by atoms with van der Waals surface area (Å²) in [6.45, 7) is 6.24. The van der Waals surface area contributed by atoms with E-state index in [9.17, 15) is 4.79 Å². The van der Waals surface area contributed by atoms with Crippen molar-refractivity contribution in [3.63, 3.8) is 0 Å². The minimum atomic E-state index is -0.167. The lowest BCUT2D eigenvalue weighted by Crippen LogP contribution is -2.24. The summed E-state index contributed by atoms with van der Waals surface area (Å²) in [4.78, 5) is 12.5. The number of carbonyl (C=O) groups excluding carboxylic acids is 1. The molecule has 0 saturated heterocycles. The topological polar surface area (TPSA) is 76.1 Å². The van der Waals surface area contributed by atoms with Gasteiger partial charge in [-0.05, 0) is 73.3 Å². The number of fused-ring (bicyclic) bond motifs is 1. The number of hydrogen-bond acceptors (Lipinski definition) is 6. The molecule has 6 nitrogen and oxygen atoms in total. The van der Waals surface area contributed by atoms with Crippen molar-refractivity contribution in [3.05, 3.63) is 69.2 Å². The molecule has 2 heterocycles. The zero-order valence-electron chi connectivity index (χ0n) is 16.3. The average molecular weight is 431 g/mol. The van der Waals surface area contributed by atoms with Gasteiger partial charge in [-0.15, -0.1) is 22.6 Å². The fourth-order valence-corrected chi connectivity index (χ4v) is 3.75. The minimum absolute atomic E-state index is 0. The summed E-state index contributed by atoms with van der Waals surface area (Å²) in [5.74, 6) is 0.631. The lowest BCUT2D eigenvalue weighted by molar-refractivity contribution is 0.102. The lowest BCUT2D eigenvalue weighted by atomic mass is 9.98. The molecule has 2 N–H and O–H groups in total. The molecule has 0 saturated carbocycles. The van der Waals surface area contributed by atoms with E-state index in [4.69, 9.17) is 4.74 Å². The van der Waals surface area contributed by atoms with E-state index in [0.29, 0.717) is 22.3 Å². The van der Waals surface area contributed by atoms with Gasteiger partial charge >= 0.3 is 0 Å². The molecule has 0 aliphatic carbocycles. The maximum Gasteiger partial charge on any atom is 0.257 e. The second-order valence-corrected chi connectivity index (χ2v) is 7.96. The molecular weight excluding hydrogens is 408 g/mol. The predicted molar refractivity (Wildman–Crippen MR) is 117 cm³/mol. The Labute approximate surface area is 180 Å². The van der Waals surface area contributed by atoms with Crippen LogP contribution in [0.3, 0.4) is 0 Å². The Kier molecular flexibility index (Phi) is 6.84. The average Bonchev–Trinajstić information content (AvgIpc) is 3.16. The van der Waals surface area contributed by atoms with Gasteiger partial charge in [-0.1, -0.05) is 23.5 Å². The molecule has 0 spiro atoms. The number of nitrogens with one attached hydrogen (secondary N) is 2. The highest BCUT2D eigenvalue weighted by atomic mass is 35.5. The molecule has 1 amide bonds. The number of carbonyl (C=O) groups is 1. The van der Waals surface area contributed by atoms with Gasteiger partial charge in [0.1, 0.15) is 12.4 Å². The number of aromatic nitrogens is 2. The SMILES string of the molecule is Cc1ccc(OCc2nnc(NC(=O)c3ccc4c(c3)CCNC4)s2)cc1C.Cl. The fraction of sp³-hybridized carbons (Fsp3) is 0.286. The van der Waals surface area contributed by atoms with Gasteiger partial charge in [-0.25, -0.2) is 0 Å². The number of amides is 1. The lowest BCUT2D eigenvalue weighted by Gasteiger charge is -2.17. The van der Waals surface area contributed by atoms with Gasteiger partial charge in [0.05, 0.1) is 0 Å². The molecule has 4 rings (SSSR count). The Morgan fingerprint density at radius 3 is 2.83 bits per heavy atom. The van der Waals surface area contributed by atoms with Crippen LogP contribution in [0.5, 0.6) is 5.75 Å². The number of nitrogens with zero attached hydrogens (tertiary/aromatic N) is 2. The van der Waals surface area contributed by atoms with Gasteiger partial charge in [-0.3, -0.25) is 10.1 Å². The van der Waals surface area contributed by atoms with Crippen LogP contribution >= 0.6 is 23.7 Å². The number of aryl methyl sites for hydroxylation is 2. The second kappa shape index (κ2) is 9.35. The largest absolute Gasteiger partial charge is 0.486 e. The summed E-state index contributed by atoms with van der Waals surface area (Å²) in [5, 5.41) is 15.5. The quantitative estimate of drug-likeness (QED) is 0.638. The number of rotatable bonds is 5. The zero-order valence-corrected chi connectivity index (χ0v) is 18.0. The Bertz CT molecular complexity index is 1020. The van der Waals surface area contributed by atoms with E-state index in [0.717, 1.165) is 25.3 Å². The predicted octanol–water partition coefficient (Wildman–Crippen LogP) is 4.05. The highest BCUT2D eigenvalue weighted by Crippen LogP contribution is 2.22. The van der Waals surface area contributed by atoms with Crippen LogP contribution < -0.4 is 15.4 Å². The van der Waals surface area contributed by atoms with Crippen molar-refractivity contribution in [1.29, 1.82) is 0 Å². The Hall–Kier alpha value is -2.48. The molecule has 152 valence electrons. The molecule has 0 atom stereocenters. The van der Waals surface area contributed by atoms with Crippen molar-refractivity contribution in [1.82, 2.24) is 15.5 Å². The highest BCUT2D eigenvalue weighted by molar-refractivity contribution is 7.15. The first-order chi connectivity index (χ1) is 13.6. The van der Waals surface area contributed by atoms with E-state index in [-0.39, 0.29) is 18.3 Å². The molecular formula is C21H23ClN4O2S. The van der Waals surface area contributed by atoms with Gasteiger partial charge in [0.15, 0.2) is 5.01 Å². The summed E-state index contributed by atoms with van der Waals surface area (Å²) in [5.41, 5.74) is 5.54. The Balaban J connectivity index is 0.00000240. The third-order valence-corrected chi connectivity index (χ3v) is 5.70. The third-order valence-electron chi connectivity index (χ3n) is 4.88. The van der Waals surface area contributed by atoms with E-state index in [1.807, 2.05) is 36.4 Å². The second-order valence-electron chi connectivity index (χ2n) is 6.90. The number of anilines is 1. The molecule has 1 aromatic heterocycles. The number of halogens is 1. The van der Waals surface area contributed by atoms with Gasteiger partial charge in [0, 0.05) is 12.1 Å². The van der Waals surface area contributed by atoms with Crippen molar-refractivity contribution >= 4 is 34.8 Å². The van der Waals surface area contributed by atoms with Gasteiger partial charge in [0.2, 0.25) is 5.13 Å². The molecule has 0 bridgehead atoms. The van der Waals surface area contributed by atoms with Crippen LogP contribution in [0.4, 0.5) is 5.13 Å². The van der Waals surface area contributed by atoms with Crippen LogP contribution in [-0.2, 0) is 19.6 Å². The van der Waals surface area contributed by atoms with Crippen LogP contribution in [0.1, 0.15) is 37.6 Å². The van der Waals surface area contributed by atoms with E-state index in [2.05, 4.69) is 34.7 Å². The molecule has 1 aliphatic heterocycles. The first kappa shape index (κ1) is 21.2. The van der Waals surface area contributed by atoms with E-state index < -0.39 is 0 Å². The van der Waals surface area contributed by atoms with Crippen molar-refractivity contribution in [2.45, 2.75) is 33.4 Å².